The number of nitrogens with one attached hydrogen (secondary N) is 1. The Morgan fingerprint density at radius 3 is 1.86 bits per heavy atom. The zero-order valence-corrected chi connectivity index (χ0v) is 23.3. The maximum Gasteiger partial charge on any atom is 0.387 e. The van der Waals surface area contributed by atoms with Crippen molar-refractivity contribution in [3.8, 4) is 23.0 Å². The molecule has 44 heavy (non-hydrogen) atoms. The molecular formula is C28H24F6N2O7S. The SMILES string of the molecule is O=C(Nc1nc(COC(=O)C2CC(Oc3cc(F)ccc3OC(F)F)C2)cs1)C1CC(Oc2cc(F)ccc2OC(F)F)C1. The van der Waals surface area contributed by atoms with Crippen LogP contribution in [0.3, 0.4) is 0 Å². The van der Waals surface area contributed by atoms with Gasteiger partial charge in [-0.25, -0.2) is 13.8 Å². The Morgan fingerprint density at radius 1 is 0.818 bits per heavy atom. The minimum atomic E-state index is -3.11. The van der Waals surface area contributed by atoms with Crippen molar-refractivity contribution < 1.29 is 59.6 Å². The molecule has 1 amide bonds. The summed E-state index contributed by atoms with van der Waals surface area (Å²) in [5.74, 6) is -4.20. The van der Waals surface area contributed by atoms with E-state index in [0.717, 1.165) is 47.7 Å². The lowest BCUT2D eigenvalue weighted by molar-refractivity contribution is -0.156. The van der Waals surface area contributed by atoms with Crippen LogP contribution < -0.4 is 24.3 Å². The van der Waals surface area contributed by atoms with Gasteiger partial charge in [-0.15, -0.1) is 11.3 Å². The lowest BCUT2D eigenvalue weighted by Gasteiger charge is -2.34. The van der Waals surface area contributed by atoms with Crippen molar-refractivity contribution in [2.45, 2.75) is 57.7 Å². The zero-order chi connectivity index (χ0) is 31.4. The number of thiazole rings is 1. The van der Waals surface area contributed by atoms with Crippen molar-refractivity contribution in [3.05, 3.63) is 59.1 Å². The molecule has 0 saturated heterocycles. The zero-order valence-electron chi connectivity index (χ0n) is 22.5. The Bertz CT molecular complexity index is 1480. The van der Waals surface area contributed by atoms with Crippen molar-refractivity contribution in [2.75, 3.05) is 5.32 Å². The number of nitrogens with zero attached hydrogens (tertiary/aromatic N) is 1. The highest BCUT2D eigenvalue weighted by atomic mass is 32.1. The first kappa shape index (κ1) is 31.2. The van der Waals surface area contributed by atoms with Crippen LogP contribution >= 0.6 is 11.3 Å². The monoisotopic (exact) mass is 646 g/mol. The molecule has 16 heteroatoms. The van der Waals surface area contributed by atoms with Gasteiger partial charge in [0.25, 0.3) is 0 Å². The lowest BCUT2D eigenvalue weighted by atomic mass is 9.81. The number of hydrogen-bond donors (Lipinski definition) is 1. The number of aromatic nitrogens is 1. The van der Waals surface area contributed by atoms with E-state index < -0.39 is 54.9 Å². The van der Waals surface area contributed by atoms with Crippen molar-refractivity contribution >= 4 is 28.3 Å². The molecule has 5 rings (SSSR count). The summed E-state index contributed by atoms with van der Waals surface area (Å²) < 4.78 is 102. The molecule has 0 spiro atoms. The van der Waals surface area contributed by atoms with Crippen molar-refractivity contribution in [3.63, 3.8) is 0 Å². The van der Waals surface area contributed by atoms with Crippen molar-refractivity contribution in [2.24, 2.45) is 11.8 Å². The molecule has 9 nitrogen and oxygen atoms in total. The topological polar surface area (TPSA) is 105 Å². The van der Waals surface area contributed by atoms with Gasteiger partial charge in [0.1, 0.15) is 30.4 Å². The maximum atomic E-state index is 13.6. The first-order valence-corrected chi connectivity index (χ1v) is 14.1. The number of rotatable bonds is 13. The van der Waals surface area contributed by atoms with Gasteiger partial charge in [-0.3, -0.25) is 9.59 Å². The van der Waals surface area contributed by atoms with E-state index >= 15 is 0 Å². The molecule has 1 N–H and O–H groups in total. The van der Waals surface area contributed by atoms with E-state index in [0.29, 0.717) is 5.69 Å². The fraction of sp³-hybridized carbons (Fsp3) is 0.393. The molecule has 2 fully saturated rings. The van der Waals surface area contributed by atoms with E-state index in [1.165, 1.54) is 0 Å². The predicted octanol–water partition coefficient (Wildman–Crippen LogP) is 6.32. The van der Waals surface area contributed by atoms with Gasteiger partial charge in [-0.1, -0.05) is 0 Å². The number of alkyl halides is 4. The van der Waals surface area contributed by atoms with E-state index in [-0.39, 0.29) is 66.3 Å². The van der Waals surface area contributed by atoms with E-state index in [9.17, 15) is 35.9 Å². The number of carbonyl (C=O) groups is 2. The summed E-state index contributed by atoms with van der Waals surface area (Å²) in [6.07, 6.45) is -0.0383. The van der Waals surface area contributed by atoms with Crippen LogP contribution in [0.15, 0.2) is 41.8 Å². The smallest absolute Gasteiger partial charge is 0.387 e. The summed E-state index contributed by atoms with van der Waals surface area (Å²) >= 11 is 1.12. The Morgan fingerprint density at radius 2 is 1.34 bits per heavy atom. The van der Waals surface area contributed by atoms with Gasteiger partial charge in [-0.2, -0.15) is 17.6 Å². The van der Waals surface area contributed by atoms with Gasteiger partial charge < -0.3 is 29.0 Å². The molecule has 2 saturated carbocycles. The van der Waals surface area contributed by atoms with Crippen LogP contribution in [0.25, 0.3) is 0 Å². The molecule has 1 aromatic heterocycles. The molecule has 2 aliphatic rings. The third-order valence-corrected chi connectivity index (χ3v) is 7.68. The van der Waals surface area contributed by atoms with E-state index in [1.807, 2.05) is 0 Å². The average Bonchev–Trinajstić information content (AvgIpc) is 3.35. The van der Waals surface area contributed by atoms with Gasteiger partial charge >= 0.3 is 19.2 Å². The predicted molar refractivity (Wildman–Crippen MR) is 141 cm³/mol. The Hall–Kier alpha value is -4.21. The Balaban J connectivity index is 1.02. The molecule has 2 aromatic carbocycles. The second-order valence-electron chi connectivity index (χ2n) is 10.00. The molecule has 0 unspecified atom stereocenters. The highest BCUT2D eigenvalue weighted by Gasteiger charge is 2.39. The second kappa shape index (κ2) is 13.6. The van der Waals surface area contributed by atoms with Crippen molar-refractivity contribution in [1.29, 1.82) is 0 Å². The van der Waals surface area contributed by atoms with Crippen LogP contribution in [0.1, 0.15) is 31.4 Å². The molecule has 236 valence electrons. The van der Waals surface area contributed by atoms with Crippen LogP contribution in [0.5, 0.6) is 23.0 Å². The minimum absolute atomic E-state index is 0.153. The van der Waals surface area contributed by atoms with Crippen LogP contribution in [0.2, 0.25) is 0 Å². The Labute approximate surface area is 250 Å². The molecule has 3 aromatic rings. The highest BCUT2D eigenvalue weighted by Crippen LogP contribution is 2.38. The number of hydrogen-bond acceptors (Lipinski definition) is 9. The summed E-state index contributed by atoms with van der Waals surface area (Å²) in [6, 6.07) is 5.86. The van der Waals surface area contributed by atoms with Gasteiger partial charge in [-0.05, 0) is 49.9 Å². The third kappa shape index (κ3) is 8.03. The largest absolute Gasteiger partial charge is 0.486 e. The number of anilines is 1. The molecule has 0 bridgehead atoms. The van der Waals surface area contributed by atoms with Crippen molar-refractivity contribution in [1.82, 2.24) is 4.98 Å². The molecule has 2 aliphatic carbocycles. The number of carbonyl (C=O) groups excluding carboxylic acids is 2. The standard InChI is InChI=1S/C28H24F6N2O7S/c29-15-1-3-20(42-26(31)32)22(9-15)40-18-5-13(6-18)24(37)36-28-35-17(12-44-28)11-39-25(38)14-7-19(8-14)41-23-10-16(30)2-4-21(23)43-27(33)34/h1-4,9-10,12-14,18-19,26-27H,5-8,11H2,(H,35,36,37). The summed E-state index contributed by atoms with van der Waals surface area (Å²) in [6.45, 7) is -6.38. The summed E-state index contributed by atoms with van der Waals surface area (Å²) in [7, 11) is 0. The quantitative estimate of drug-likeness (QED) is 0.170. The summed E-state index contributed by atoms with van der Waals surface area (Å²) in [5.41, 5.74) is 0.395. The van der Waals surface area contributed by atoms with Crippen LogP contribution in [0.4, 0.5) is 31.5 Å². The van der Waals surface area contributed by atoms with E-state index in [4.69, 9.17) is 14.2 Å². The number of halogens is 6. The third-order valence-electron chi connectivity index (χ3n) is 6.87. The van der Waals surface area contributed by atoms with Gasteiger partial charge in [0.2, 0.25) is 5.91 Å². The van der Waals surface area contributed by atoms with E-state index in [1.54, 1.807) is 5.38 Å². The Kier molecular flexibility index (Phi) is 9.66. The molecule has 0 aliphatic heterocycles. The molecule has 0 radical (unpaired) electrons. The average molecular weight is 647 g/mol. The lowest BCUT2D eigenvalue weighted by Crippen LogP contribution is -2.40. The summed E-state index contributed by atoms with van der Waals surface area (Å²) in [5, 5.41) is 4.54. The number of benzene rings is 2. The van der Waals surface area contributed by atoms with Gasteiger partial charge in [0.05, 0.1) is 11.6 Å². The second-order valence-corrected chi connectivity index (χ2v) is 10.9. The molecular weight excluding hydrogens is 622 g/mol. The van der Waals surface area contributed by atoms with Gasteiger partial charge in [0.15, 0.2) is 28.1 Å². The fourth-order valence-electron chi connectivity index (χ4n) is 4.53. The first-order valence-electron chi connectivity index (χ1n) is 13.3. The molecule has 1 heterocycles. The molecule has 0 atom stereocenters. The number of amides is 1. The van der Waals surface area contributed by atoms with Crippen LogP contribution in [0, 0.1) is 23.5 Å². The summed E-state index contributed by atoms with van der Waals surface area (Å²) in [4.78, 5) is 29.2. The van der Waals surface area contributed by atoms with Crippen LogP contribution in [-0.2, 0) is 20.9 Å². The first-order chi connectivity index (χ1) is 21.0. The fourth-order valence-corrected chi connectivity index (χ4v) is 5.22. The number of ether oxygens (including phenoxy) is 5. The number of esters is 1. The van der Waals surface area contributed by atoms with E-state index in [2.05, 4.69) is 19.8 Å². The minimum Gasteiger partial charge on any atom is -0.486 e. The maximum absolute atomic E-state index is 13.6. The normalized spacial score (nSPS) is 20.8. The van der Waals surface area contributed by atoms with Crippen LogP contribution in [-0.4, -0.2) is 42.3 Å². The van der Waals surface area contributed by atoms with Gasteiger partial charge in [0, 0.05) is 23.4 Å². The highest BCUT2D eigenvalue weighted by molar-refractivity contribution is 7.13.